The van der Waals surface area contributed by atoms with Crippen molar-refractivity contribution in [2.45, 2.75) is 50.8 Å². The van der Waals surface area contributed by atoms with E-state index in [0.717, 1.165) is 12.8 Å². The molecule has 1 fully saturated rings. The van der Waals surface area contributed by atoms with Gasteiger partial charge in [0.25, 0.3) is 11.5 Å². The number of hydrogen-bond donors (Lipinski definition) is 0. The molecule has 3 atom stereocenters. The number of ether oxygens (including phenoxy) is 4. The summed E-state index contributed by atoms with van der Waals surface area (Å²) in [5.74, 6) is 1.10. The van der Waals surface area contributed by atoms with Crippen molar-refractivity contribution in [3.63, 3.8) is 0 Å². The van der Waals surface area contributed by atoms with Crippen LogP contribution in [0, 0.1) is 12.3 Å². The van der Waals surface area contributed by atoms with Crippen LogP contribution in [0.15, 0.2) is 46.1 Å². The summed E-state index contributed by atoms with van der Waals surface area (Å²) in [5.41, 5.74) is -4.88. The van der Waals surface area contributed by atoms with E-state index in [0.29, 0.717) is 17.4 Å². The van der Waals surface area contributed by atoms with E-state index in [9.17, 15) is 27.6 Å². The van der Waals surface area contributed by atoms with Crippen LogP contribution in [0.1, 0.15) is 48.3 Å². The van der Waals surface area contributed by atoms with Crippen LogP contribution >= 0.6 is 0 Å². The van der Waals surface area contributed by atoms with Gasteiger partial charge in [-0.05, 0) is 18.6 Å². The molecule has 0 bridgehead atoms. The number of unbranched alkanes of at least 4 members (excludes halogenated alkanes) is 1. The number of carbonyl (C=O) groups is 1. The van der Waals surface area contributed by atoms with Crippen LogP contribution in [-0.4, -0.2) is 53.9 Å². The summed E-state index contributed by atoms with van der Waals surface area (Å²) in [5, 5.41) is 0. The molecule has 1 aliphatic heterocycles. The molecule has 1 aromatic carbocycles. The summed E-state index contributed by atoms with van der Waals surface area (Å²) in [7, 11) is 0. The minimum absolute atomic E-state index is 0.0375. The molecule has 0 unspecified atom stereocenters. The van der Waals surface area contributed by atoms with Gasteiger partial charge in [0.05, 0.1) is 12.7 Å². The van der Waals surface area contributed by atoms with Crippen molar-refractivity contribution in [1.29, 1.82) is 0 Å². The maximum atomic E-state index is 13.7. The van der Waals surface area contributed by atoms with Gasteiger partial charge >= 0.3 is 11.9 Å². The van der Waals surface area contributed by atoms with Crippen LogP contribution in [0.3, 0.4) is 0 Å². The van der Waals surface area contributed by atoms with Gasteiger partial charge in [0.2, 0.25) is 0 Å². The molecular formula is C25H27F3N2O7. The van der Waals surface area contributed by atoms with Crippen molar-refractivity contribution >= 4 is 5.91 Å². The number of benzene rings is 1. The highest BCUT2D eigenvalue weighted by molar-refractivity contribution is 5.95. The van der Waals surface area contributed by atoms with E-state index in [1.807, 2.05) is 6.92 Å². The van der Waals surface area contributed by atoms with Gasteiger partial charge in [-0.2, -0.15) is 17.7 Å². The Labute approximate surface area is 210 Å². The van der Waals surface area contributed by atoms with Gasteiger partial charge in [-0.3, -0.25) is 14.2 Å². The van der Waals surface area contributed by atoms with Crippen molar-refractivity contribution in [2.75, 3.05) is 26.6 Å². The zero-order chi connectivity index (χ0) is 27.0. The first-order valence-corrected chi connectivity index (χ1v) is 11.6. The van der Waals surface area contributed by atoms with E-state index >= 15 is 0 Å². The minimum atomic E-state index is -5.14. The molecule has 200 valence electrons. The lowest BCUT2D eigenvalue weighted by molar-refractivity contribution is -0.140. The van der Waals surface area contributed by atoms with Crippen LogP contribution < -0.4 is 11.2 Å². The SMILES string of the molecule is C#CCO[C@H]1C[C@H](n2cc(C(F)(F)F)c(=O)n(C(=O)c3ccccc3)c2=O)O[C@@H]1COCOCCCC. The van der Waals surface area contributed by atoms with Crippen molar-refractivity contribution < 1.29 is 36.9 Å². The second-order valence-corrected chi connectivity index (χ2v) is 8.21. The number of halogens is 3. The molecule has 2 aromatic rings. The molecule has 1 saturated heterocycles. The predicted molar refractivity (Wildman–Crippen MR) is 125 cm³/mol. The molecule has 0 radical (unpaired) electrons. The van der Waals surface area contributed by atoms with E-state index < -0.39 is 47.3 Å². The van der Waals surface area contributed by atoms with E-state index in [1.54, 1.807) is 6.07 Å². The molecule has 0 aliphatic carbocycles. The van der Waals surface area contributed by atoms with Crippen LogP contribution in [0.5, 0.6) is 0 Å². The van der Waals surface area contributed by atoms with Gasteiger partial charge in [-0.15, -0.1) is 6.42 Å². The third-order valence-corrected chi connectivity index (χ3v) is 5.61. The Morgan fingerprint density at radius 3 is 2.59 bits per heavy atom. The minimum Gasteiger partial charge on any atom is -0.363 e. The molecule has 0 spiro atoms. The molecule has 0 saturated carbocycles. The Morgan fingerprint density at radius 2 is 1.95 bits per heavy atom. The molecule has 3 rings (SSSR count). The monoisotopic (exact) mass is 524 g/mol. The molecule has 0 amide bonds. The molecular weight excluding hydrogens is 497 g/mol. The molecule has 37 heavy (non-hydrogen) atoms. The topological polar surface area (TPSA) is 98.0 Å². The summed E-state index contributed by atoms with van der Waals surface area (Å²) in [6.45, 7) is 2.29. The summed E-state index contributed by atoms with van der Waals surface area (Å²) in [6, 6.07) is 7.04. The summed E-state index contributed by atoms with van der Waals surface area (Å²) >= 11 is 0. The van der Waals surface area contributed by atoms with Crippen molar-refractivity contribution in [2.24, 2.45) is 0 Å². The fourth-order valence-electron chi connectivity index (χ4n) is 3.74. The van der Waals surface area contributed by atoms with Gasteiger partial charge in [0, 0.05) is 24.8 Å². The number of nitrogens with zero attached hydrogens (tertiary/aromatic N) is 2. The lowest BCUT2D eigenvalue weighted by atomic mass is 10.2. The summed E-state index contributed by atoms with van der Waals surface area (Å²) < 4.78 is 63.9. The lowest BCUT2D eigenvalue weighted by Gasteiger charge is -2.19. The molecule has 0 N–H and O–H groups in total. The third-order valence-electron chi connectivity index (χ3n) is 5.61. The highest BCUT2D eigenvalue weighted by Crippen LogP contribution is 2.32. The average molecular weight is 524 g/mol. The second-order valence-electron chi connectivity index (χ2n) is 8.21. The van der Waals surface area contributed by atoms with Crippen LogP contribution in [0.2, 0.25) is 0 Å². The summed E-state index contributed by atoms with van der Waals surface area (Å²) in [4.78, 5) is 38.7. The number of hydrogen-bond acceptors (Lipinski definition) is 7. The maximum Gasteiger partial charge on any atom is 0.423 e. The number of alkyl halides is 3. The Bertz CT molecular complexity index is 1220. The van der Waals surface area contributed by atoms with Crippen molar-refractivity contribution in [3.8, 4) is 12.3 Å². The van der Waals surface area contributed by atoms with Crippen LogP contribution in [0.25, 0.3) is 0 Å². The fraction of sp³-hybridized carbons (Fsp3) is 0.480. The molecule has 9 nitrogen and oxygen atoms in total. The first-order valence-electron chi connectivity index (χ1n) is 11.6. The molecule has 1 aromatic heterocycles. The number of rotatable bonds is 11. The highest BCUT2D eigenvalue weighted by Gasteiger charge is 2.41. The van der Waals surface area contributed by atoms with Gasteiger partial charge in [-0.25, -0.2) is 4.79 Å². The van der Waals surface area contributed by atoms with Gasteiger partial charge in [0.15, 0.2) is 0 Å². The smallest absolute Gasteiger partial charge is 0.363 e. The Hall–Kier alpha value is -3.24. The second kappa shape index (κ2) is 12.8. The first-order chi connectivity index (χ1) is 17.7. The molecule has 2 heterocycles. The van der Waals surface area contributed by atoms with Crippen LogP contribution in [0.4, 0.5) is 13.2 Å². The Balaban J connectivity index is 1.94. The van der Waals surface area contributed by atoms with Crippen molar-refractivity contribution in [1.82, 2.24) is 9.13 Å². The normalized spacial score (nSPS) is 19.6. The van der Waals surface area contributed by atoms with E-state index in [2.05, 4.69) is 5.92 Å². The number of carbonyl (C=O) groups excluding carboxylic acids is 1. The fourth-order valence-corrected chi connectivity index (χ4v) is 3.74. The zero-order valence-electron chi connectivity index (χ0n) is 20.1. The zero-order valence-corrected chi connectivity index (χ0v) is 20.1. The van der Waals surface area contributed by atoms with Gasteiger partial charge in [-0.1, -0.05) is 37.5 Å². The Morgan fingerprint density at radius 1 is 1.22 bits per heavy atom. The molecule has 12 heteroatoms. The van der Waals surface area contributed by atoms with Gasteiger partial charge < -0.3 is 18.9 Å². The quantitative estimate of drug-likeness (QED) is 0.253. The van der Waals surface area contributed by atoms with Crippen LogP contribution in [-0.2, 0) is 25.1 Å². The first kappa shape index (κ1) is 28.3. The van der Waals surface area contributed by atoms with E-state index in [4.69, 9.17) is 25.4 Å². The lowest BCUT2D eigenvalue weighted by Crippen LogP contribution is -2.47. The highest BCUT2D eigenvalue weighted by atomic mass is 19.4. The summed E-state index contributed by atoms with van der Waals surface area (Å²) in [6.07, 6.45) is -0.636. The third kappa shape index (κ3) is 6.95. The predicted octanol–water partition coefficient (Wildman–Crippen LogP) is 2.81. The standard InChI is InChI=1S/C25H27F3N2O7/c1-3-5-12-34-16-35-15-20-19(36-11-4-2)13-21(37-20)29-14-18(25(26,27)28)23(32)30(24(29)33)22(31)17-9-7-6-8-10-17/h2,6-10,14,19-21H,3,5,11-13,15-16H2,1H3/t19-,20+,21+/m0/s1. The maximum absolute atomic E-state index is 13.7. The van der Waals surface area contributed by atoms with Gasteiger partial charge in [0.1, 0.15) is 31.3 Å². The van der Waals surface area contributed by atoms with E-state index in [1.165, 1.54) is 24.3 Å². The molecule has 1 aliphatic rings. The largest absolute Gasteiger partial charge is 0.423 e. The Kier molecular flexibility index (Phi) is 9.82. The average Bonchev–Trinajstić information content (AvgIpc) is 3.27. The number of terminal acetylenes is 1. The van der Waals surface area contributed by atoms with Crippen molar-refractivity contribution in [3.05, 3.63) is 68.5 Å². The van der Waals surface area contributed by atoms with E-state index in [-0.39, 0.29) is 36.6 Å². The number of aromatic nitrogens is 2.